The molecule has 0 spiro atoms. The summed E-state index contributed by atoms with van der Waals surface area (Å²) in [4.78, 5) is 13.5. The molecule has 0 radical (unpaired) electrons. The van der Waals surface area contributed by atoms with Crippen LogP contribution in [0.25, 0.3) is 10.9 Å². The third-order valence-corrected chi connectivity index (χ3v) is 3.41. The van der Waals surface area contributed by atoms with E-state index < -0.39 is 0 Å². The molecule has 1 amide bonds. The van der Waals surface area contributed by atoms with Crippen LogP contribution in [0, 0.1) is 0 Å². The number of aromatic nitrogens is 1. The highest BCUT2D eigenvalue weighted by Gasteiger charge is 2.10. The molecule has 0 unspecified atom stereocenters. The first-order chi connectivity index (χ1) is 9.49. The van der Waals surface area contributed by atoms with Crippen molar-refractivity contribution in [3.05, 3.63) is 36.0 Å². The van der Waals surface area contributed by atoms with E-state index in [2.05, 4.69) is 43.4 Å². The second-order valence-corrected chi connectivity index (χ2v) is 5.62. The van der Waals surface area contributed by atoms with Gasteiger partial charge in [-0.25, -0.2) is 0 Å². The van der Waals surface area contributed by atoms with Crippen LogP contribution in [0.15, 0.2) is 30.5 Å². The fourth-order valence-corrected chi connectivity index (χ4v) is 2.18. The molecule has 1 heterocycles. The third-order valence-electron chi connectivity index (χ3n) is 3.41. The molecule has 2 rings (SSSR count). The van der Waals surface area contributed by atoms with Gasteiger partial charge in [-0.2, -0.15) is 0 Å². The molecule has 0 bridgehead atoms. The van der Waals surface area contributed by atoms with E-state index in [0.717, 1.165) is 12.1 Å². The minimum Gasteiger partial charge on any atom is -0.347 e. The molecule has 1 aromatic carbocycles. The fraction of sp³-hybridized carbons (Fsp3) is 0.438. The molecule has 0 aliphatic heterocycles. The van der Waals surface area contributed by atoms with Gasteiger partial charge < -0.3 is 14.8 Å². The monoisotopic (exact) mass is 273 g/mol. The summed E-state index contributed by atoms with van der Waals surface area (Å²) in [5, 5.41) is 4.65. The molecule has 0 saturated heterocycles. The first-order valence-electron chi connectivity index (χ1n) is 6.99. The normalized spacial score (nSPS) is 11.2. The van der Waals surface area contributed by atoms with Crippen molar-refractivity contribution < 1.29 is 4.79 Å². The van der Waals surface area contributed by atoms with Gasteiger partial charge >= 0.3 is 0 Å². The van der Waals surface area contributed by atoms with Crippen LogP contribution < -0.4 is 5.32 Å². The van der Waals surface area contributed by atoms with Gasteiger partial charge in [0.05, 0.1) is 0 Å². The summed E-state index contributed by atoms with van der Waals surface area (Å²) < 4.78 is 2.01. The van der Waals surface area contributed by atoms with Crippen LogP contribution >= 0.6 is 0 Å². The Kier molecular flexibility index (Phi) is 4.45. The smallest absolute Gasteiger partial charge is 0.241 e. The Morgan fingerprint density at radius 1 is 1.30 bits per heavy atom. The number of hydrogen-bond donors (Lipinski definition) is 1. The van der Waals surface area contributed by atoms with E-state index in [1.54, 1.807) is 19.0 Å². The highest BCUT2D eigenvalue weighted by molar-refractivity contribution is 5.85. The SMILES string of the molecule is CC(C)NCc1cccc2c1ccn2CC(=O)N(C)C. The van der Waals surface area contributed by atoms with Crippen LogP contribution in [0.1, 0.15) is 19.4 Å². The van der Waals surface area contributed by atoms with Gasteiger partial charge in [0, 0.05) is 43.8 Å². The number of carbonyl (C=O) groups is 1. The zero-order chi connectivity index (χ0) is 14.7. The summed E-state index contributed by atoms with van der Waals surface area (Å²) in [6, 6.07) is 8.81. The van der Waals surface area contributed by atoms with E-state index in [0.29, 0.717) is 12.6 Å². The zero-order valence-electron chi connectivity index (χ0n) is 12.7. The quantitative estimate of drug-likeness (QED) is 0.907. The standard InChI is InChI=1S/C16H23N3O/c1-12(2)17-10-13-6-5-7-15-14(13)8-9-19(15)11-16(20)18(3)4/h5-9,12,17H,10-11H2,1-4H3. The lowest BCUT2D eigenvalue weighted by Crippen LogP contribution is -2.25. The summed E-state index contributed by atoms with van der Waals surface area (Å²) >= 11 is 0. The maximum atomic E-state index is 11.8. The molecule has 2 aromatic rings. The summed E-state index contributed by atoms with van der Waals surface area (Å²) in [7, 11) is 3.57. The lowest BCUT2D eigenvalue weighted by Gasteiger charge is -2.12. The third kappa shape index (κ3) is 3.20. The van der Waals surface area contributed by atoms with Crippen LogP contribution in [0.2, 0.25) is 0 Å². The number of benzene rings is 1. The van der Waals surface area contributed by atoms with Crippen molar-refractivity contribution in [3.63, 3.8) is 0 Å². The molecule has 0 atom stereocenters. The van der Waals surface area contributed by atoms with E-state index in [-0.39, 0.29) is 5.91 Å². The molecule has 0 aliphatic rings. The van der Waals surface area contributed by atoms with Crippen LogP contribution in [-0.2, 0) is 17.9 Å². The Labute approximate surface area is 120 Å². The van der Waals surface area contributed by atoms with E-state index in [4.69, 9.17) is 0 Å². The summed E-state index contributed by atoms with van der Waals surface area (Å²) in [5.74, 6) is 0.105. The van der Waals surface area contributed by atoms with E-state index in [1.165, 1.54) is 10.9 Å². The van der Waals surface area contributed by atoms with Crippen LogP contribution in [-0.4, -0.2) is 35.5 Å². The van der Waals surface area contributed by atoms with Gasteiger partial charge in [0.15, 0.2) is 0 Å². The van der Waals surface area contributed by atoms with Gasteiger partial charge in [0.1, 0.15) is 6.54 Å². The Balaban J connectivity index is 2.27. The number of likely N-dealkylation sites (N-methyl/N-ethyl adjacent to an activating group) is 1. The molecule has 20 heavy (non-hydrogen) atoms. The van der Waals surface area contributed by atoms with E-state index in [1.807, 2.05) is 10.8 Å². The Hall–Kier alpha value is -1.81. The molecule has 0 aliphatic carbocycles. The summed E-state index contributed by atoms with van der Waals surface area (Å²) in [6.07, 6.45) is 1.99. The Morgan fingerprint density at radius 2 is 2.05 bits per heavy atom. The van der Waals surface area contributed by atoms with Gasteiger partial charge in [0.25, 0.3) is 0 Å². The van der Waals surface area contributed by atoms with Crippen molar-refractivity contribution in [3.8, 4) is 0 Å². The predicted octanol–water partition coefficient (Wildman–Crippen LogP) is 2.23. The molecular formula is C16H23N3O. The van der Waals surface area contributed by atoms with Crippen LogP contribution in [0.5, 0.6) is 0 Å². The fourth-order valence-electron chi connectivity index (χ4n) is 2.18. The second-order valence-electron chi connectivity index (χ2n) is 5.62. The van der Waals surface area contributed by atoms with E-state index in [9.17, 15) is 4.79 Å². The number of rotatable bonds is 5. The van der Waals surface area contributed by atoms with Crippen molar-refractivity contribution in [2.45, 2.75) is 33.0 Å². The lowest BCUT2D eigenvalue weighted by atomic mass is 10.1. The van der Waals surface area contributed by atoms with Gasteiger partial charge in [-0.05, 0) is 17.7 Å². The average Bonchev–Trinajstić information content (AvgIpc) is 2.80. The van der Waals surface area contributed by atoms with Crippen LogP contribution in [0.3, 0.4) is 0 Å². The number of amides is 1. The van der Waals surface area contributed by atoms with Gasteiger partial charge in [0.2, 0.25) is 5.91 Å². The zero-order valence-corrected chi connectivity index (χ0v) is 12.7. The highest BCUT2D eigenvalue weighted by atomic mass is 16.2. The maximum absolute atomic E-state index is 11.8. The van der Waals surface area contributed by atoms with Gasteiger partial charge in [-0.15, -0.1) is 0 Å². The van der Waals surface area contributed by atoms with E-state index >= 15 is 0 Å². The first kappa shape index (κ1) is 14.6. The molecule has 1 aromatic heterocycles. The largest absolute Gasteiger partial charge is 0.347 e. The van der Waals surface area contributed by atoms with Crippen molar-refractivity contribution >= 4 is 16.8 Å². The molecule has 108 valence electrons. The number of nitrogens with one attached hydrogen (secondary N) is 1. The topological polar surface area (TPSA) is 37.3 Å². The van der Waals surface area contributed by atoms with Crippen LogP contribution in [0.4, 0.5) is 0 Å². The minimum absolute atomic E-state index is 0.105. The number of hydrogen-bond acceptors (Lipinski definition) is 2. The molecule has 1 N–H and O–H groups in total. The molecular weight excluding hydrogens is 250 g/mol. The highest BCUT2D eigenvalue weighted by Crippen LogP contribution is 2.20. The van der Waals surface area contributed by atoms with Crippen molar-refractivity contribution in [1.82, 2.24) is 14.8 Å². The summed E-state index contributed by atoms with van der Waals surface area (Å²) in [6.45, 7) is 5.51. The van der Waals surface area contributed by atoms with Gasteiger partial charge in [-0.1, -0.05) is 26.0 Å². The Morgan fingerprint density at radius 3 is 2.70 bits per heavy atom. The average molecular weight is 273 g/mol. The van der Waals surface area contributed by atoms with Crippen molar-refractivity contribution in [2.75, 3.05) is 14.1 Å². The Bertz CT molecular complexity index is 599. The first-order valence-corrected chi connectivity index (χ1v) is 6.99. The summed E-state index contributed by atoms with van der Waals surface area (Å²) in [5.41, 5.74) is 2.38. The van der Waals surface area contributed by atoms with Gasteiger partial charge in [-0.3, -0.25) is 4.79 Å². The van der Waals surface area contributed by atoms with Crippen molar-refractivity contribution in [2.24, 2.45) is 0 Å². The lowest BCUT2D eigenvalue weighted by molar-refractivity contribution is -0.129. The molecule has 4 heteroatoms. The maximum Gasteiger partial charge on any atom is 0.241 e. The number of nitrogens with zero attached hydrogens (tertiary/aromatic N) is 2. The number of carbonyl (C=O) groups excluding carboxylic acids is 1. The predicted molar refractivity (Wildman–Crippen MR) is 82.6 cm³/mol. The molecule has 4 nitrogen and oxygen atoms in total. The molecule has 0 saturated carbocycles. The number of fused-ring (bicyclic) bond motifs is 1. The molecule has 0 fully saturated rings. The minimum atomic E-state index is 0.105. The van der Waals surface area contributed by atoms with Crippen molar-refractivity contribution in [1.29, 1.82) is 0 Å². The second kappa shape index (κ2) is 6.09.